The molecule has 0 radical (unpaired) electrons. The van der Waals surface area contributed by atoms with Gasteiger partial charge in [0.1, 0.15) is 23.7 Å². The van der Waals surface area contributed by atoms with Crippen LogP contribution in [0.15, 0.2) is 36.7 Å². The second kappa shape index (κ2) is 9.06. The number of rotatable bonds is 6. The molecule has 2 heterocycles. The zero-order chi connectivity index (χ0) is 21.1. The van der Waals surface area contributed by atoms with Gasteiger partial charge in [-0.1, -0.05) is 12.5 Å². The summed E-state index contributed by atoms with van der Waals surface area (Å²) in [5.74, 6) is 1.17. The molecule has 1 saturated heterocycles. The van der Waals surface area contributed by atoms with Gasteiger partial charge in [0.15, 0.2) is 0 Å². The number of aliphatic hydroxyl groups is 1. The number of aryl methyl sites for hydroxylation is 1. The Balaban J connectivity index is 1.52. The number of amides is 1. The maximum Gasteiger partial charge on any atom is 0.254 e. The molecule has 8 heteroatoms. The van der Waals surface area contributed by atoms with Crippen LogP contribution in [-0.2, 0) is 7.05 Å². The van der Waals surface area contributed by atoms with Gasteiger partial charge in [-0.3, -0.25) is 14.4 Å². The van der Waals surface area contributed by atoms with Gasteiger partial charge in [0.2, 0.25) is 0 Å². The summed E-state index contributed by atoms with van der Waals surface area (Å²) in [5.41, 5.74) is 0.515. The molecule has 1 saturated carbocycles. The first-order chi connectivity index (χ1) is 14.5. The van der Waals surface area contributed by atoms with Gasteiger partial charge in [-0.05, 0) is 38.1 Å². The highest BCUT2D eigenvalue weighted by Gasteiger charge is 2.47. The molecule has 2 aliphatic rings. The standard InChI is InChI=1S/C22H30N4O4/c1-25-14-15(13-23-25)22(28)24-18-12-19(30-17-8-6-7-16(11-17)29-2)21(27)20(18)26-9-4-3-5-10-26/h6-8,11,13-14,18-21,27H,3-5,9-10,12H2,1-2H3,(H,24,28)/t18-,19-,20+,21+/m1/s1. The molecule has 2 fully saturated rings. The van der Waals surface area contributed by atoms with Crippen LogP contribution in [0, 0.1) is 0 Å². The summed E-state index contributed by atoms with van der Waals surface area (Å²) in [5, 5.41) is 18.4. The summed E-state index contributed by atoms with van der Waals surface area (Å²) >= 11 is 0. The van der Waals surface area contributed by atoms with Crippen molar-refractivity contribution in [1.82, 2.24) is 20.0 Å². The van der Waals surface area contributed by atoms with Gasteiger partial charge in [0, 0.05) is 25.7 Å². The van der Waals surface area contributed by atoms with E-state index >= 15 is 0 Å². The molecule has 4 atom stereocenters. The van der Waals surface area contributed by atoms with Crippen molar-refractivity contribution < 1.29 is 19.4 Å². The summed E-state index contributed by atoms with van der Waals surface area (Å²) in [6.45, 7) is 1.85. The molecule has 0 unspecified atom stereocenters. The molecule has 1 aromatic heterocycles. The molecule has 1 aliphatic carbocycles. The summed E-state index contributed by atoms with van der Waals surface area (Å²) < 4.78 is 13.0. The van der Waals surface area contributed by atoms with Gasteiger partial charge in [0.05, 0.1) is 31.0 Å². The second-order valence-electron chi connectivity index (χ2n) is 8.13. The minimum absolute atomic E-state index is 0.177. The van der Waals surface area contributed by atoms with E-state index in [4.69, 9.17) is 9.47 Å². The molecule has 1 aromatic carbocycles. The third-order valence-electron chi connectivity index (χ3n) is 6.05. The Morgan fingerprint density at radius 1 is 1.23 bits per heavy atom. The Kier molecular flexibility index (Phi) is 6.24. The number of benzene rings is 1. The van der Waals surface area contributed by atoms with Gasteiger partial charge in [-0.25, -0.2) is 0 Å². The van der Waals surface area contributed by atoms with Crippen molar-refractivity contribution in [3.63, 3.8) is 0 Å². The van der Waals surface area contributed by atoms with Crippen molar-refractivity contribution in [2.45, 2.75) is 50.0 Å². The van der Waals surface area contributed by atoms with E-state index in [-0.39, 0.29) is 18.0 Å². The number of carbonyl (C=O) groups is 1. The van der Waals surface area contributed by atoms with Crippen molar-refractivity contribution in [1.29, 1.82) is 0 Å². The predicted molar refractivity (Wildman–Crippen MR) is 112 cm³/mol. The monoisotopic (exact) mass is 414 g/mol. The average molecular weight is 415 g/mol. The average Bonchev–Trinajstić information content (AvgIpc) is 3.32. The van der Waals surface area contributed by atoms with E-state index in [2.05, 4.69) is 15.3 Å². The fourth-order valence-electron chi connectivity index (χ4n) is 4.58. The van der Waals surface area contributed by atoms with Crippen LogP contribution in [0.4, 0.5) is 0 Å². The van der Waals surface area contributed by atoms with E-state index in [9.17, 15) is 9.90 Å². The van der Waals surface area contributed by atoms with E-state index < -0.39 is 12.2 Å². The molecule has 8 nitrogen and oxygen atoms in total. The first kappa shape index (κ1) is 20.7. The molecule has 4 rings (SSSR count). The normalized spacial score (nSPS) is 27.0. The number of aromatic nitrogens is 2. The SMILES string of the molecule is COc1cccc(O[C@@H]2C[C@@H](NC(=O)c3cnn(C)c3)[C@H](N3CCCCC3)[C@H]2O)c1. The Morgan fingerprint density at radius 2 is 2.00 bits per heavy atom. The van der Waals surface area contributed by atoms with Crippen LogP contribution in [-0.4, -0.2) is 70.2 Å². The van der Waals surface area contributed by atoms with Crippen molar-refractivity contribution in [3.8, 4) is 11.5 Å². The lowest BCUT2D eigenvalue weighted by Crippen LogP contribution is -2.54. The highest BCUT2D eigenvalue weighted by molar-refractivity contribution is 5.94. The largest absolute Gasteiger partial charge is 0.497 e. The van der Waals surface area contributed by atoms with Gasteiger partial charge in [-0.2, -0.15) is 5.10 Å². The summed E-state index contributed by atoms with van der Waals surface area (Å²) in [6.07, 6.45) is 6.09. The fourth-order valence-corrected chi connectivity index (χ4v) is 4.58. The highest BCUT2D eigenvalue weighted by Crippen LogP contribution is 2.32. The lowest BCUT2D eigenvalue weighted by Gasteiger charge is -2.37. The second-order valence-corrected chi connectivity index (χ2v) is 8.13. The molecule has 2 N–H and O–H groups in total. The maximum absolute atomic E-state index is 12.8. The molecule has 30 heavy (non-hydrogen) atoms. The van der Waals surface area contributed by atoms with Gasteiger partial charge < -0.3 is 19.9 Å². The minimum Gasteiger partial charge on any atom is -0.497 e. The molecule has 0 bridgehead atoms. The number of methoxy groups -OCH3 is 1. The van der Waals surface area contributed by atoms with Gasteiger partial charge in [0.25, 0.3) is 5.91 Å². The van der Waals surface area contributed by atoms with Crippen LogP contribution in [0.2, 0.25) is 0 Å². The van der Waals surface area contributed by atoms with Crippen LogP contribution in [0.1, 0.15) is 36.0 Å². The Bertz CT molecular complexity index is 864. The van der Waals surface area contributed by atoms with Crippen molar-refractivity contribution in [2.75, 3.05) is 20.2 Å². The van der Waals surface area contributed by atoms with Crippen LogP contribution in [0.5, 0.6) is 11.5 Å². The number of nitrogens with one attached hydrogen (secondary N) is 1. The third-order valence-corrected chi connectivity index (χ3v) is 6.05. The number of ether oxygens (including phenoxy) is 2. The molecular formula is C22H30N4O4. The lowest BCUT2D eigenvalue weighted by atomic mass is 10.0. The maximum atomic E-state index is 12.8. The van der Waals surface area contributed by atoms with E-state index in [1.54, 1.807) is 31.2 Å². The summed E-state index contributed by atoms with van der Waals surface area (Å²) in [4.78, 5) is 15.1. The smallest absolute Gasteiger partial charge is 0.254 e. The van der Waals surface area contributed by atoms with Crippen molar-refractivity contribution >= 4 is 5.91 Å². The quantitative estimate of drug-likeness (QED) is 0.746. The molecule has 1 aliphatic heterocycles. The molecule has 0 spiro atoms. The fraction of sp³-hybridized carbons (Fsp3) is 0.545. The number of likely N-dealkylation sites (tertiary alicyclic amines) is 1. The number of piperidine rings is 1. The molecule has 1 amide bonds. The van der Waals surface area contributed by atoms with Gasteiger partial charge in [-0.15, -0.1) is 0 Å². The first-order valence-corrected chi connectivity index (χ1v) is 10.6. The third kappa shape index (κ3) is 4.44. The number of aliphatic hydroxyl groups excluding tert-OH is 1. The zero-order valence-electron chi connectivity index (χ0n) is 17.5. The van der Waals surface area contributed by atoms with Crippen LogP contribution in [0.3, 0.4) is 0 Å². The zero-order valence-corrected chi connectivity index (χ0v) is 17.5. The van der Waals surface area contributed by atoms with Crippen LogP contribution in [0.25, 0.3) is 0 Å². The van der Waals surface area contributed by atoms with E-state index in [0.29, 0.717) is 23.5 Å². The Hall–Kier alpha value is -2.58. The number of carbonyl (C=O) groups excluding carboxylic acids is 1. The Labute approximate surface area is 176 Å². The Morgan fingerprint density at radius 3 is 2.70 bits per heavy atom. The van der Waals surface area contributed by atoms with Crippen LogP contribution >= 0.6 is 0 Å². The van der Waals surface area contributed by atoms with Gasteiger partial charge >= 0.3 is 0 Å². The summed E-state index contributed by atoms with van der Waals surface area (Å²) in [7, 11) is 3.39. The van der Waals surface area contributed by atoms with E-state index in [1.165, 1.54) is 6.42 Å². The number of nitrogens with zero attached hydrogens (tertiary/aromatic N) is 3. The van der Waals surface area contributed by atoms with Crippen LogP contribution < -0.4 is 14.8 Å². The van der Waals surface area contributed by atoms with E-state index in [1.807, 2.05) is 24.3 Å². The van der Waals surface area contributed by atoms with Crippen molar-refractivity contribution in [3.05, 3.63) is 42.2 Å². The molecule has 162 valence electrons. The summed E-state index contributed by atoms with van der Waals surface area (Å²) in [6, 6.07) is 6.99. The topological polar surface area (TPSA) is 88.8 Å². The first-order valence-electron chi connectivity index (χ1n) is 10.6. The molecule has 2 aromatic rings. The predicted octanol–water partition coefficient (Wildman–Crippen LogP) is 1.59. The van der Waals surface area contributed by atoms with Crippen molar-refractivity contribution in [2.24, 2.45) is 7.05 Å². The number of hydrogen-bond acceptors (Lipinski definition) is 6. The molecular weight excluding hydrogens is 384 g/mol. The van der Waals surface area contributed by atoms with E-state index in [0.717, 1.165) is 25.9 Å². The highest BCUT2D eigenvalue weighted by atomic mass is 16.5. The lowest BCUT2D eigenvalue weighted by molar-refractivity contribution is 0.00141. The number of hydrogen-bond donors (Lipinski definition) is 2. The minimum atomic E-state index is -0.700.